The molecule has 1 amide bonds. The van der Waals surface area contributed by atoms with E-state index in [-0.39, 0.29) is 11.3 Å². The van der Waals surface area contributed by atoms with E-state index in [0.717, 1.165) is 56.8 Å². The number of pyridine rings is 1. The van der Waals surface area contributed by atoms with Crippen molar-refractivity contribution in [2.45, 2.75) is 38.6 Å². The average Bonchev–Trinajstić information content (AvgIpc) is 3.19. The van der Waals surface area contributed by atoms with Crippen molar-refractivity contribution in [3.63, 3.8) is 0 Å². The summed E-state index contributed by atoms with van der Waals surface area (Å²) in [5.74, 6) is 0.908. The Labute approximate surface area is 160 Å². The first-order valence-electron chi connectivity index (χ1n) is 9.80. The van der Waals surface area contributed by atoms with Crippen molar-refractivity contribution in [2.75, 3.05) is 31.9 Å². The van der Waals surface area contributed by atoms with Gasteiger partial charge in [-0.15, -0.1) is 0 Å². The molecule has 0 radical (unpaired) electrons. The zero-order valence-corrected chi connectivity index (χ0v) is 15.7. The van der Waals surface area contributed by atoms with Crippen LogP contribution in [-0.4, -0.2) is 56.8 Å². The van der Waals surface area contributed by atoms with Crippen LogP contribution in [0.1, 0.15) is 36.9 Å². The summed E-state index contributed by atoms with van der Waals surface area (Å²) in [6.45, 7) is 4.56. The van der Waals surface area contributed by atoms with Gasteiger partial charge in [0, 0.05) is 68.1 Å². The summed E-state index contributed by atoms with van der Waals surface area (Å²) in [7, 11) is 0. The number of hydrogen-bond acceptors (Lipinski definition) is 5. The fourth-order valence-corrected chi connectivity index (χ4v) is 4.59. The first-order chi connectivity index (χ1) is 13.1. The van der Waals surface area contributed by atoms with Gasteiger partial charge < -0.3 is 15.6 Å². The number of aromatic nitrogens is 3. The molecule has 27 heavy (non-hydrogen) atoms. The van der Waals surface area contributed by atoms with Crippen molar-refractivity contribution in [3.8, 4) is 0 Å². The molecular formula is C20H28N6O. The van der Waals surface area contributed by atoms with Gasteiger partial charge in [-0.25, -0.2) is 9.97 Å². The Hall–Kier alpha value is -2.41. The van der Waals surface area contributed by atoms with Crippen LogP contribution in [0.5, 0.6) is 0 Å². The second-order valence-corrected chi connectivity index (χ2v) is 8.00. The highest BCUT2D eigenvalue weighted by Crippen LogP contribution is 2.39. The van der Waals surface area contributed by atoms with Gasteiger partial charge in [0.25, 0.3) is 0 Å². The van der Waals surface area contributed by atoms with Crippen LogP contribution in [0.3, 0.4) is 0 Å². The number of nitrogens with two attached hydrogens (primary N) is 1. The van der Waals surface area contributed by atoms with Crippen LogP contribution in [0.15, 0.2) is 30.9 Å². The van der Waals surface area contributed by atoms with Crippen molar-refractivity contribution in [1.82, 2.24) is 24.8 Å². The number of rotatable bonds is 5. The van der Waals surface area contributed by atoms with Gasteiger partial charge in [0.05, 0.1) is 6.33 Å². The van der Waals surface area contributed by atoms with Gasteiger partial charge in [-0.2, -0.15) is 0 Å². The number of H-pyrrole nitrogens is 1. The highest BCUT2D eigenvalue weighted by atomic mass is 16.2. The molecule has 144 valence electrons. The van der Waals surface area contributed by atoms with E-state index in [4.69, 9.17) is 5.73 Å². The molecule has 4 heterocycles. The molecule has 0 unspecified atom stereocenters. The number of likely N-dealkylation sites (tertiary alicyclic amines) is 2. The topological polar surface area (TPSA) is 91.1 Å². The first kappa shape index (κ1) is 18.0. The Morgan fingerprint density at radius 1 is 1.30 bits per heavy atom. The minimum Gasteiger partial charge on any atom is -0.383 e. The molecular weight excluding hydrogens is 340 g/mol. The highest BCUT2D eigenvalue weighted by Gasteiger charge is 2.41. The molecule has 0 aromatic carbocycles. The lowest BCUT2D eigenvalue weighted by Crippen LogP contribution is -2.54. The fourth-order valence-electron chi connectivity index (χ4n) is 4.59. The van der Waals surface area contributed by atoms with Crippen LogP contribution in [0.4, 0.5) is 5.82 Å². The van der Waals surface area contributed by atoms with E-state index in [1.807, 2.05) is 12.3 Å². The van der Waals surface area contributed by atoms with Crippen molar-refractivity contribution in [2.24, 2.45) is 5.41 Å². The van der Waals surface area contributed by atoms with Crippen LogP contribution >= 0.6 is 0 Å². The number of hydrogen-bond donors (Lipinski definition) is 2. The summed E-state index contributed by atoms with van der Waals surface area (Å²) in [4.78, 5) is 28.4. The molecule has 7 nitrogen and oxygen atoms in total. The number of anilines is 1. The predicted octanol–water partition coefficient (Wildman–Crippen LogP) is 1.83. The molecule has 0 saturated carbocycles. The normalized spacial score (nSPS) is 23.9. The van der Waals surface area contributed by atoms with Gasteiger partial charge in [-0.05, 0) is 31.9 Å². The Balaban J connectivity index is 1.40. The molecule has 7 heteroatoms. The van der Waals surface area contributed by atoms with Crippen LogP contribution in [-0.2, 0) is 17.8 Å². The summed E-state index contributed by atoms with van der Waals surface area (Å²) in [5.41, 5.74) is 8.42. The van der Waals surface area contributed by atoms with E-state index >= 15 is 0 Å². The van der Waals surface area contributed by atoms with E-state index in [9.17, 15) is 4.79 Å². The van der Waals surface area contributed by atoms with E-state index in [1.165, 1.54) is 12.8 Å². The van der Waals surface area contributed by atoms with Gasteiger partial charge in [0.15, 0.2) is 0 Å². The summed E-state index contributed by atoms with van der Waals surface area (Å²) in [5, 5.41) is 0. The smallest absolute Gasteiger partial charge is 0.222 e. The molecule has 2 fully saturated rings. The van der Waals surface area contributed by atoms with Gasteiger partial charge >= 0.3 is 0 Å². The van der Waals surface area contributed by atoms with Crippen molar-refractivity contribution < 1.29 is 4.79 Å². The lowest BCUT2D eigenvalue weighted by atomic mass is 9.73. The molecule has 0 bridgehead atoms. The summed E-state index contributed by atoms with van der Waals surface area (Å²) >= 11 is 0. The summed E-state index contributed by atoms with van der Waals surface area (Å²) in [6.07, 6.45) is 10.1. The standard InChI is InChI=1S/C20H28N6O/c21-19-16(3-1-8-23-19)12-25-9-2-6-20(13-25)7-4-18(27)26(14-20)10-5-17-11-22-15-24-17/h1,3,8,11,15H,2,4-7,9-10,12-14H2,(H2,21,23)(H,22,24)/t20-/m0/s1. The third-order valence-corrected chi connectivity index (χ3v) is 6.01. The third-order valence-electron chi connectivity index (χ3n) is 6.01. The quantitative estimate of drug-likeness (QED) is 0.840. The number of carbonyl (C=O) groups excluding carboxylic acids is 1. The number of piperidine rings is 2. The molecule has 1 spiro atoms. The fraction of sp³-hybridized carbons (Fsp3) is 0.550. The van der Waals surface area contributed by atoms with Crippen LogP contribution in [0.25, 0.3) is 0 Å². The molecule has 2 aromatic heterocycles. The molecule has 4 rings (SSSR count). The van der Waals surface area contributed by atoms with Crippen molar-refractivity contribution >= 4 is 11.7 Å². The zero-order chi connectivity index (χ0) is 18.7. The lowest BCUT2D eigenvalue weighted by molar-refractivity contribution is -0.139. The Bertz CT molecular complexity index is 777. The lowest BCUT2D eigenvalue weighted by Gasteiger charge is -2.48. The van der Waals surface area contributed by atoms with Gasteiger partial charge in [0.1, 0.15) is 5.82 Å². The summed E-state index contributed by atoms with van der Waals surface area (Å²) < 4.78 is 0. The molecule has 2 aliphatic rings. The Morgan fingerprint density at radius 2 is 2.22 bits per heavy atom. The molecule has 2 aliphatic heterocycles. The molecule has 2 saturated heterocycles. The number of imidazole rings is 1. The number of carbonyl (C=O) groups is 1. The second kappa shape index (κ2) is 7.68. The van der Waals surface area contributed by atoms with E-state index in [0.29, 0.717) is 12.2 Å². The predicted molar refractivity (Wildman–Crippen MR) is 104 cm³/mol. The molecule has 3 N–H and O–H groups in total. The van der Waals surface area contributed by atoms with Crippen molar-refractivity contribution in [1.29, 1.82) is 0 Å². The van der Waals surface area contributed by atoms with E-state index in [2.05, 4.69) is 30.8 Å². The number of nitrogens with zero attached hydrogens (tertiary/aromatic N) is 4. The highest BCUT2D eigenvalue weighted by molar-refractivity contribution is 5.77. The average molecular weight is 368 g/mol. The van der Waals surface area contributed by atoms with Crippen LogP contribution in [0.2, 0.25) is 0 Å². The first-order valence-corrected chi connectivity index (χ1v) is 9.80. The van der Waals surface area contributed by atoms with Gasteiger partial charge in [-0.1, -0.05) is 6.07 Å². The maximum Gasteiger partial charge on any atom is 0.222 e. The molecule has 0 aliphatic carbocycles. The number of amides is 1. The van der Waals surface area contributed by atoms with Crippen LogP contribution in [0, 0.1) is 5.41 Å². The number of nitrogens with one attached hydrogen (secondary N) is 1. The minimum atomic E-state index is 0.205. The van der Waals surface area contributed by atoms with E-state index in [1.54, 1.807) is 12.5 Å². The summed E-state index contributed by atoms with van der Waals surface area (Å²) in [6, 6.07) is 4.01. The van der Waals surface area contributed by atoms with E-state index < -0.39 is 0 Å². The van der Waals surface area contributed by atoms with Gasteiger partial charge in [-0.3, -0.25) is 9.69 Å². The number of nitrogen functional groups attached to an aromatic ring is 1. The number of aromatic amines is 1. The Morgan fingerprint density at radius 3 is 3.04 bits per heavy atom. The molecule has 2 aromatic rings. The maximum atomic E-state index is 12.5. The molecule has 1 atom stereocenters. The zero-order valence-electron chi connectivity index (χ0n) is 15.7. The van der Waals surface area contributed by atoms with Crippen LogP contribution < -0.4 is 5.73 Å². The monoisotopic (exact) mass is 368 g/mol. The second-order valence-electron chi connectivity index (χ2n) is 8.00. The third kappa shape index (κ3) is 4.13. The maximum absolute atomic E-state index is 12.5. The Kier molecular flexibility index (Phi) is 5.11. The minimum absolute atomic E-state index is 0.205. The SMILES string of the molecule is Nc1ncccc1CN1CCC[C@]2(CCC(=O)N(CCc3cnc[nH]3)C2)C1. The largest absolute Gasteiger partial charge is 0.383 e. The van der Waals surface area contributed by atoms with Crippen molar-refractivity contribution in [3.05, 3.63) is 42.1 Å². The van der Waals surface area contributed by atoms with Gasteiger partial charge in [0.2, 0.25) is 5.91 Å².